The van der Waals surface area contributed by atoms with Crippen LogP contribution in [0.15, 0.2) is 5.38 Å². The van der Waals surface area contributed by atoms with Crippen LogP contribution in [0.5, 0.6) is 0 Å². The summed E-state index contributed by atoms with van der Waals surface area (Å²) >= 11 is 1.27. The van der Waals surface area contributed by atoms with Crippen molar-refractivity contribution in [3.8, 4) is 0 Å². The van der Waals surface area contributed by atoms with Crippen LogP contribution in [0, 0.1) is 0 Å². The van der Waals surface area contributed by atoms with Crippen LogP contribution in [0.4, 0.5) is 18.3 Å². The molecule has 0 aliphatic rings. The van der Waals surface area contributed by atoms with Crippen molar-refractivity contribution in [1.29, 1.82) is 0 Å². The zero-order chi connectivity index (χ0) is 12.5. The minimum absolute atomic E-state index is 0.268. The van der Waals surface area contributed by atoms with Gasteiger partial charge in [-0.3, -0.25) is 5.10 Å². The molecule has 2 rings (SSSR count). The minimum atomic E-state index is -4.30. The zero-order valence-corrected chi connectivity index (χ0v) is 9.27. The highest BCUT2D eigenvalue weighted by molar-refractivity contribution is 7.13. The fourth-order valence-electron chi connectivity index (χ4n) is 1.25. The van der Waals surface area contributed by atoms with E-state index < -0.39 is 12.6 Å². The summed E-state index contributed by atoms with van der Waals surface area (Å²) in [5.41, 5.74) is 6.09. The van der Waals surface area contributed by atoms with Crippen molar-refractivity contribution in [3.05, 3.63) is 22.7 Å². The summed E-state index contributed by atoms with van der Waals surface area (Å²) in [5.74, 6) is 0.0743. The van der Waals surface area contributed by atoms with Gasteiger partial charge < -0.3 is 5.73 Å². The molecule has 0 unspecified atom stereocenters. The molecule has 0 aromatic carbocycles. The molecule has 3 N–H and O–H groups in total. The van der Waals surface area contributed by atoms with Gasteiger partial charge in [0.05, 0.1) is 12.1 Å². The van der Waals surface area contributed by atoms with Crippen LogP contribution in [0.3, 0.4) is 0 Å². The van der Waals surface area contributed by atoms with Gasteiger partial charge in [0.2, 0.25) is 0 Å². The van der Waals surface area contributed by atoms with E-state index in [1.54, 1.807) is 5.38 Å². The first kappa shape index (κ1) is 11.8. The van der Waals surface area contributed by atoms with Crippen LogP contribution in [-0.4, -0.2) is 26.3 Å². The van der Waals surface area contributed by atoms with Crippen molar-refractivity contribution in [1.82, 2.24) is 20.2 Å². The van der Waals surface area contributed by atoms with Gasteiger partial charge in [-0.05, 0) is 0 Å². The first-order valence-electron chi connectivity index (χ1n) is 4.59. The first-order valence-corrected chi connectivity index (χ1v) is 5.47. The Balaban J connectivity index is 2.03. The summed E-state index contributed by atoms with van der Waals surface area (Å²) in [7, 11) is 0. The standard InChI is InChI=1S/C8H8F3N5S/c9-8(10,11)2-6-14-5(15-16-6)1-4-3-17-7(12)13-4/h3H,1-2H2,(H2,12,13)(H,14,15,16). The molecular formula is C8H8F3N5S. The molecule has 5 nitrogen and oxygen atoms in total. The molecule has 0 saturated carbocycles. The molecule has 2 aromatic rings. The second kappa shape index (κ2) is 4.32. The number of anilines is 1. The van der Waals surface area contributed by atoms with E-state index in [1.165, 1.54) is 11.3 Å². The largest absolute Gasteiger partial charge is 0.396 e. The lowest BCUT2D eigenvalue weighted by molar-refractivity contribution is -0.128. The molecule has 0 spiro atoms. The molecule has 0 bridgehead atoms. The number of nitrogens with zero attached hydrogens (tertiary/aromatic N) is 3. The second-order valence-corrected chi connectivity index (χ2v) is 4.23. The molecule has 9 heteroatoms. The average Bonchev–Trinajstić information content (AvgIpc) is 2.74. The van der Waals surface area contributed by atoms with Gasteiger partial charge in [0, 0.05) is 5.38 Å². The quantitative estimate of drug-likeness (QED) is 0.880. The topological polar surface area (TPSA) is 80.5 Å². The van der Waals surface area contributed by atoms with Crippen LogP contribution in [-0.2, 0) is 12.8 Å². The number of hydrogen-bond donors (Lipinski definition) is 2. The predicted octanol–water partition coefficient (Wildman–Crippen LogP) is 1.54. The molecule has 0 fully saturated rings. The Hall–Kier alpha value is -1.64. The zero-order valence-electron chi connectivity index (χ0n) is 8.45. The number of halogens is 3. The Labute approximate surface area is 97.9 Å². The highest BCUT2D eigenvalue weighted by atomic mass is 32.1. The van der Waals surface area contributed by atoms with Crippen molar-refractivity contribution in [2.75, 3.05) is 5.73 Å². The number of nitrogens with one attached hydrogen (secondary N) is 1. The summed E-state index contributed by atoms with van der Waals surface area (Å²) in [4.78, 5) is 7.71. The van der Waals surface area contributed by atoms with E-state index in [-0.39, 0.29) is 5.82 Å². The van der Waals surface area contributed by atoms with Crippen LogP contribution in [0.1, 0.15) is 17.3 Å². The Bertz CT molecular complexity index is 503. The molecule has 0 aliphatic carbocycles. The molecule has 17 heavy (non-hydrogen) atoms. The molecule has 2 heterocycles. The number of thiazole rings is 1. The Kier molecular flexibility index (Phi) is 3.01. The summed E-state index contributed by atoms with van der Waals surface area (Å²) < 4.78 is 36.2. The smallest absolute Gasteiger partial charge is 0.375 e. The van der Waals surface area contributed by atoms with Crippen molar-refractivity contribution in [3.63, 3.8) is 0 Å². The van der Waals surface area contributed by atoms with Gasteiger partial charge in [0.25, 0.3) is 0 Å². The predicted molar refractivity (Wildman–Crippen MR) is 55.5 cm³/mol. The minimum Gasteiger partial charge on any atom is -0.375 e. The van der Waals surface area contributed by atoms with Crippen molar-refractivity contribution < 1.29 is 13.2 Å². The number of rotatable bonds is 3. The molecule has 92 valence electrons. The lowest BCUT2D eigenvalue weighted by Gasteiger charge is -2.00. The number of H-pyrrole nitrogens is 1. The fourth-order valence-corrected chi connectivity index (χ4v) is 1.81. The van der Waals surface area contributed by atoms with Crippen molar-refractivity contribution in [2.24, 2.45) is 0 Å². The Morgan fingerprint density at radius 3 is 2.71 bits per heavy atom. The van der Waals surface area contributed by atoms with Gasteiger partial charge in [0.15, 0.2) is 11.0 Å². The number of aromatic amines is 1. The third-order valence-electron chi connectivity index (χ3n) is 1.85. The van der Waals surface area contributed by atoms with Crippen LogP contribution >= 0.6 is 11.3 Å². The van der Waals surface area contributed by atoms with Gasteiger partial charge in [-0.1, -0.05) is 0 Å². The van der Waals surface area contributed by atoms with E-state index in [2.05, 4.69) is 20.2 Å². The summed E-state index contributed by atoms with van der Waals surface area (Å²) in [6.07, 6.45) is -5.15. The third kappa shape index (κ3) is 3.41. The lowest BCUT2D eigenvalue weighted by atomic mass is 10.3. The molecule has 0 saturated heterocycles. The summed E-state index contributed by atoms with van der Waals surface area (Å²) in [6, 6.07) is 0. The fraction of sp³-hybridized carbons (Fsp3) is 0.375. The van der Waals surface area contributed by atoms with Gasteiger partial charge >= 0.3 is 6.18 Å². The van der Waals surface area contributed by atoms with E-state index in [0.717, 1.165) is 0 Å². The Morgan fingerprint density at radius 2 is 2.12 bits per heavy atom. The monoisotopic (exact) mass is 263 g/mol. The Morgan fingerprint density at radius 1 is 1.35 bits per heavy atom. The number of alkyl halides is 3. The molecule has 0 atom stereocenters. The molecule has 0 amide bonds. The number of nitrogens with two attached hydrogens (primary N) is 1. The highest BCUT2D eigenvalue weighted by Crippen LogP contribution is 2.19. The van der Waals surface area contributed by atoms with E-state index >= 15 is 0 Å². The van der Waals surface area contributed by atoms with Gasteiger partial charge in [0.1, 0.15) is 12.2 Å². The second-order valence-electron chi connectivity index (χ2n) is 3.34. The summed E-state index contributed by atoms with van der Waals surface area (Å²) in [5, 5.41) is 8.08. The number of aromatic nitrogens is 4. The lowest BCUT2D eigenvalue weighted by Crippen LogP contribution is -2.12. The van der Waals surface area contributed by atoms with Crippen molar-refractivity contribution in [2.45, 2.75) is 19.0 Å². The average molecular weight is 263 g/mol. The van der Waals surface area contributed by atoms with Crippen LogP contribution < -0.4 is 5.73 Å². The maximum atomic E-state index is 12.1. The van der Waals surface area contributed by atoms with Gasteiger partial charge in [-0.2, -0.15) is 18.3 Å². The van der Waals surface area contributed by atoms with Gasteiger partial charge in [-0.25, -0.2) is 9.97 Å². The SMILES string of the molecule is Nc1nc(Cc2nc(CC(F)(F)F)n[nH]2)cs1. The molecule has 0 radical (unpaired) electrons. The molecule has 0 aliphatic heterocycles. The maximum absolute atomic E-state index is 12.1. The van der Waals surface area contributed by atoms with E-state index in [4.69, 9.17) is 5.73 Å². The van der Waals surface area contributed by atoms with E-state index in [9.17, 15) is 13.2 Å². The maximum Gasteiger partial charge on any atom is 0.396 e. The normalized spacial score (nSPS) is 11.9. The van der Waals surface area contributed by atoms with E-state index in [0.29, 0.717) is 23.1 Å². The highest BCUT2D eigenvalue weighted by Gasteiger charge is 2.30. The van der Waals surface area contributed by atoms with E-state index in [1.807, 2.05) is 0 Å². The summed E-state index contributed by atoms with van der Waals surface area (Å²) in [6.45, 7) is 0. The van der Waals surface area contributed by atoms with Gasteiger partial charge in [-0.15, -0.1) is 11.3 Å². The third-order valence-corrected chi connectivity index (χ3v) is 2.58. The first-order chi connectivity index (χ1) is 7.92. The number of nitrogen functional groups attached to an aromatic ring is 1. The van der Waals surface area contributed by atoms with Crippen LogP contribution in [0.2, 0.25) is 0 Å². The molecular weight excluding hydrogens is 255 g/mol. The number of hydrogen-bond acceptors (Lipinski definition) is 5. The van der Waals surface area contributed by atoms with Crippen molar-refractivity contribution >= 4 is 16.5 Å². The molecule has 2 aromatic heterocycles. The van der Waals surface area contributed by atoms with Crippen LogP contribution in [0.25, 0.3) is 0 Å².